The van der Waals surface area contributed by atoms with Crippen molar-refractivity contribution in [2.75, 3.05) is 7.11 Å². The van der Waals surface area contributed by atoms with Crippen molar-refractivity contribution < 1.29 is 4.74 Å². The van der Waals surface area contributed by atoms with Crippen LogP contribution in [0.5, 0.6) is 5.75 Å². The van der Waals surface area contributed by atoms with Gasteiger partial charge in [-0.05, 0) is 18.6 Å². The lowest BCUT2D eigenvalue weighted by atomic mass is 10.0. The molecule has 4 heteroatoms. The normalized spacial score (nSPS) is 12.4. The van der Waals surface area contributed by atoms with Crippen molar-refractivity contribution >= 4 is 11.3 Å². The van der Waals surface area contributed by atoms with Gasteiger partial charge in [-0.1, -0.05) is 29.8 Å². The zero-order chi connectivity index (χ0) is 12.3. The van der Waals surface area contributed by atoms with Crippen LogP contribution in [0.15, 0.2) is 35.7 Å². The number of hydrogen-bond donors (Lipinski definition) is 2. The van der Waals surface area contributed by atoms with Crippen LogP contribution in [-0.2, 0) is 0 Å². The standard InChI is InChI=1S/C13H16N2OS/c1-9-3-5-10(6-4-9)13(15-14)12-7-11(16-2)8-17-12/h3-8,13,15H,14H2,1-2H3. The zero-order valence-electron chi connectivity index (χ0n) is 9.94. The van der Waals surface area contributed by atoms with Gasteiger partial charge in [0.2, 0.25) is 0 Å². The predicted molar refractivity (Wildman–Crippen MR) is 71.2 cm³/mol. The fraction of sp³-hybridized carbons (Fsp3) is 0.231. The van der Waals surface area contributed by atoms with Crippen LogP contribution in [0.4, 0.5) is 0 Å². The van der Waals surface area contributed by atoms with Gasteiger partial charge in [0, 0.05) is 10.3 Å². The molecule has 1 unspecified atom stereocenters. The van der Waals surface area contributed by atoms with E-state index in [2.05, 4.69) is 36.6 Å². The van der Waals surface area contributed by atoms with Crippen LogP contribution in [0.2, 0.25) is 0 Å². The van der Waals surface area contributed by atoms with Gasteiger partial charge in [-0.25, -0.2) is 5.43 Å². The molecule has 0 saturated carbocycles. The summed E-state index contributed by atoms with van der Waals surface area (Å²) in [6, 6.07) is 10.4. The number of rotatable bonds is 4. The van der Waals surface area contributed by atoms with Crippen LogP contribution in [0, 0.1) is 6.92 Å². The third kappa shape index (κ3) is 2.66. The number of aryl methyl sites for hydroxylation is 1. The first kappa shape index (κ1) is 12.1. The summed E-state index contributed by atoms with van der Waals surface area (Å²) in [4.78, 5) is 1.15. The lowest BCUT2D eigenvalue weighted by molar-refractivity contribution is 0.416. The van der Waals surface area contributed by atoms with Crippen LogP contribution in [0.1, 0.15) is 22.0 Å². The number of benzene rings is 1. The van der Waals surface area contributed by atoms with Crippen molar-refractivity contribution in [3.8, 4) is 5.75 Å². The van der Waals surface area contributed by atoms with Crippen molar-refractivity contribution in [1.82, 2.24) is 5.43 Å². The Morgan fingerprint density at radius 2 is 2.00 bits per heavy atom. The predicted octanol–water partition coefficient (Wildman–Crippen LogP) is 2.62. The van der Waals surface area contributed by atoms with E-state index in [0.29, 0.717) is 0 Å². The highest BCUT2D eigenvalue weighted by Gasteiger charge is 2.14. The molecule has 0 radical (unpaired) electrons. The van der Waals surface area contributed by atoms with E-state index in [0.717, 1.165) is 16.2 Å². The molecular formula is C13H16N2OS. The first-order valence-electron chi connectivity index (χ1n) is 5.39. The number of nitrogens with one attached hydrogen (secondary N) is 1. The molecular weight excluding hydrogens is 232 g/mol. The van der Waals surface area contributed by atoms with Gasteiger partial charge in [0.05, 0.1) is 13.2 Å². The fourth-order valence-electron chi connectivity index (χ4n) is 1.69. The van der Waals surface area contributed by atoms with E-state index in [1.165, 1.54) is 5.56 Å². The maximum Gasteiger partial charge on any atom is 0.129 e. The Labute approximate surface area is 105 Å². The number of methoxy groups -OCH3 is 1. The molecule has 0 fully saturated rings. The summed E-state index contributed by atoms with van der Waals surface area (Å²) in [5.41, 5.74) is 5.25. The second-order valence-corrected chi connectivity index (χ2v) is 4.84. The molecule has 1 heterocycles. The maximum absolute atomic E-state index is 5.64. The molecule has 0 amide bonds. The first-order valence-corrected chi connectivity index (χ1v) is 6.27. The third-order valence-corrected chi connectivity index (χ3v) is 3.67. The fourth-order valence-corrected chi connectivity index (χ4v) is 2.64. The van der Waals surface area contributed by atoms with E-state index in [1.54, 1.807) is 18.4 Å². The Bertz CT molecular complexity index is 478. The molecule has 3 N–H and O–H groups in total. The summed E-state index contributed by atoms with van der Waals surface area (Å²) < 4.78 is 5.19. The van der Waals surface area contributed by atoms with Crippen molar-refractivity contribution in [2.45, 2.75) is 13.0 Å². The van der Waals surface area contributed by atoms with Gasteiger partial charge in [0.1, 0.15) is 5.75 Å². The van der Waals surface area contributed by atoms with E-state index >= 15 is 0 Å². The minimum Gasteiger partial charge on any atom is -0.496 e. The van der Waals surface area contributed by atoms with E-state index in [-0.39, 0.29) is 6.04 Å². The highest BCUT2D eigenvalue weighted by atomic mass is 32.1. The number of thiophene rings is 1. The molecule has 17 heavy (non-hydrogen) atoms. The van der Waals surface area contributed by atoms with Gasteiger partial charge in [0.25, 0.3) is 0 Å². The van der Waals surface area contributed by atoms with Crippen molar-refractivity contribution in [1.29, 1.82) is 0 Å². The third-order valence-electron chi connectivity index (χ3n) is 2.69. The summed E-state index contributed by atoms with van der Waals surface area (Å²) in [6.07, 6.45) is 0. The number of nitrogens with two attached hydrogens (primary N) is 1. The minimum atomic E-state index is 0.0181. The molecule has 90 valence electrons. The summed E-state index contributed by atoms with van der Waals surface area (Å²) >= 11 is 1.64. The molecule has 0 aliphatic rings. The molecule has 0 bridgehead atoms. The Balaban J connectivity index is 2.29. The Hall–Kier alpha value is -1.36. The molecule has 0 saturated heterocycles. The van der Waals surface area contributed by atoms with Crippen LogP contribution < -0.4 is 16.0 Å². The average Bonchev–Trinajstić information content (AvgIpc) is 2.81. The van der Waals surface area contributed by atoms with Crippen molar-refractivity contribution in [3.63, 3.8) is 0 Å². The number of hydrogen-bond acceptors (Lipinski definition) is 4. The van der Waals surface area contributed by atoms with Crippen molar-refractivity contribution in [2.24, 2.45) is 5.84 Å². The van der Waals surface area contributed by atoms with E-state index in [1.807, 2.05) is 11.4 Å². The molecule has 2 aromatic rings. The van der Waals surface area contributed by atoms with Crippen molar-refractivity contribution in [3.05, 3.63) is 51.7 Å². The van der Waals surface area contributed by atoms with Gasteiger partial charge in [-0.2, -0.15) is 0 Å². The summed E-state index contributed by atoms with van der Waals surface area (Å²) in [6.45, 7) is 2.07. The molecule has 0 spiro atoms. The second kappa shape index (κ2) is 5.31. The summed E-state index contributed by atoms with van der Waals surface area (Å²) in [5, 5.41) is 1.98. The lowest BCUT2D eigenvalue weighted by Crippen LogP contribution is -2.28. The van der Waals surface area contributed by atoms with Gasteiger partial charge in [-0.15, -0.1) is 11.3 Å². The molecule has 2 rings (SSSR count). The van der Waals surface area contributed by atoms with Gasteiger partial charge < -0.3 is 4.74 Å². The highest BCUT2D eigenvalue weighted by molar-refractivity contribution is 7.10. The zero-order valence-corrected chi connectivity index (χ0v) is 10.8. The molecule has 1 aromatic carbocycles. The van der Waals surface area contributed by atoms with Crippen LogP contribution in [-0.4, -0.2) is 7.11 Å². The maximum atomic E-state index is 5.64. The SMILES string of the molecule is COc1csc(C(NN)c2ccc(C)cc2)c1. The molecule has 1 atom stereocenters. The first-order chi connectivity index (χ1) is 8.24. The molecule has 0 aliphatic heterocycles. The monoisotopic (exact) mass is 248 g/mol. The number of ether oxygens (including phenoxy) is 1. The smallest absolute Gasteiger partial charge is 0.129 e. The van der Waals surface area contributed by atoms with Gasteiger partial charge >= 0.3 is 0 Å². The molecule has 3 nitrogen and oxygen atoms in total. The quantitative estimate of drug-likeness (QED) is 0.646. The van der Waals surface area contributed by atoms with E-state index in [4.69, 9.17) is 10.6 Å². The molecule has 1 aromatic heterocycles. The Morgan fingerprint density at radius 1 is 1.29 bits per heavy atom. The molecule has 0 aliphatic carbocycles. The second-order valence-electron chi connectivity index (χ2n) is 3.90. The largest absolute Gasteiger partial charge is 0.496 e. The van der Waals surface area contributed by atoms with Crippen LogP contribution in [0.3, 0.4) is 0 Å². The summed E-state index contributed by atoms with van der Waals surface area (Å²) in [7, 11) is 1.67. The number of hydrazine groups is 1. The van der Waals surface area contributed by atoms with Crippen LogP contribution >= 0.6 is 11.3 Å². The summed E-state index contributed by atoms with van der Waals surface area (Å²) in [5.74, 6) is 6.51. The topological polar surface area (TPSA) is 47.3 Å². The van der Waals surface area contributed by atoms with E-state index in [9.17, 15) is 0 Å². The Morgan fingerprint density at radius 3 is 2.53 bits per heavy atom. The average molecular weight is 248 g/mol. The van der Waals surface area contributed by atoms with Gasteiger partial charge in [-0.3, -0.25) is 5.84 Å². The lowest BCUT2D eigenvalue weighted by Gasteiger charge is -2.14. The van der Waals surface area contributed by atoms with Gasteiger partial charge in [0.15, 0.2) is 0 Å². The highest BCUT2D eigenvalue weighted by Crippen LogP contribution is 2.30. The van der Waals surface area contributed by atoms with E-state index < -0.39 is 0 Å². The minimum absolute atomic E-state index is 0.0181. The Kier molecular flexibility index (Phi) is 3.78. The van der Waals surface area contributed by atoms with Crippen LogP contribution in [0.25, 0.3) is 0 Å².